The summed E-state index contributed by atoms with van der Waals surface area (Å²) in [7, 11) is -0.576. The van der Waals surface area contributed by atoms with Crippen LogP contribution in [0.4, 0.5) is 0 Å². The maximum Gasteiger partial charge on any atom is 0.246 e. The quantitative estimate of drug-likeness (QED) is 0.741. The molecule has 1 aromatic rings. The molecule has 0 fully saturated rings. The van der Waals surface area contributed by atoms with Crippen LogP contribution < -0.4 is 10.1 Å². The average molecular weight is 298 g/mol. The summed E-state index contributed by atoms with van der Waals surface area (Å²) in [5.74, 6) is 0.358. The number of nitrogens with one attached hydrogen (secondary N) is 1. The Bertz CT molecular complexity index is 556. The molecule has 0 spiro atoms. The second-order valence-corrected chi connectivity index (χ2v) is 6.35. The Morgan fingerprint density at radius 2 is 2.15 bits per heavy atom. The first kappa shape index (κ1) is 16.7. The number of sulfonamides is 1. The highest BCUT2D eigenvalue weighted by Gasteiger charge is 2.24. The van der Waals surface area contributed by atoms with Gasteiger partial charge in [-0.3, -0.25) is 0 Å². The van der Waals surface area contributed by atoms with Crippen molar-refractivity contribution in [3.05, 3.63) is 36.4 Å². The number of likely N-dealkylation sites (N-methyl/N-ethyl adjacent to an activating group) is 1. The van der Waals surface area contributed by atoms with Gasteiger partial charge in [0.1, 0.15) is 10.6 Å². The highest BCUT2D eigenvalue weighted by atomic mass is 32.2. The standard InChI is InChI=1S/C14H22N2O3S/c1-5-9-16(3)20(17,18)14-8-7-12(11-15-6-2)10-13(14)19-4/h5,7-8,10,15H,1,6,9,11H2,2-4H3. The Morgan fingerprint density at radius 3 is 2.70 bits per heavy atom. The zero-order valence-corrected chi connectivity index (χ0v) is 13.0. The van der Waals surface area contributed by atoms with Crippen LogP contribution in [0, 0.1) is 0 Å². The van der Waals surface area contributed by atoms with Crippen molar-refractivity contribution in [3.8, 4) is 5.75 Å². The Labute approximate surface area is 121 Å². The van der Waals surface area contributed by atoms with Crippen LogP contribution in [0.15, 0.2) is 35.7 Å². The number of methoxy groups -OCH3 is 1. The Kier molecular flexibility index (Phi) is 6.19. The maximum absolute atomic E-state index is 12.4. The largest absolute Gasteiger partial charge is 0.495 e. The lowest BCUT2D eigenvalue weighted by atomic mass is 10.2. The zero-order valence-electron chi connectivity index (χ0n) is 12.2. The van der Waals surface area contributed by atoms with Gasteiger partial charge in [0.15, 0.2) is 0 Å². The molecule has 6 heteroatoms. The van der Waals surface area contributed by atoms with E-state index in [0.29, 0.717) is 12.3 Å². The molecule has 0 bridgehead atoms. The fraction of sp³-hybridized carbons (Fsp3) is 0.429. The summed E-state index contributed by atoms with van der Waals surface area (Å²) < 4.78 is 31.3. The first-order valence-corrected chi connectivity index (χ1v) is 7.86. The second-order valence-electron chi connectivity index (χ2n) is 4.34. The molecule has 112 valence electrons. The molecule has 1 aromatic carbocycles. The molecule has 0 aliphatic rings. The van der Waals surface area contributed by atoms with Crippen molar-refractivity contribution in [1.82, 2.24) is 9.62 Å². The highest BCUT2D eigenvalue weighted by Crippen LogP contribution is 2.27. The molecule has 0 heterocycles. The molecular weight excluding hydrogens is 276 g/mol. The first-order chi connectivity index (χ1) is 9.47. The van der Waals surface area contributed by atoms with E-state index in [0.717, 1.165) is 12.1 Å². The summed E-state index contributed by atoms with van der Waals surface area (Å²) in [5, 5.41) is 3.19. The molecule has 0 radical (unpaired) electrons. The van der Waals surface area contributed by atoms with E-state index in [1.807, 2.05) is 6.92 Å². The average Bonchev–Trinajstić information content (AvgIpc) is 2.44. The Morgan fingerprint density at radius 1 is 1.45 bits per heavy atom. The van der Waals surface area contributed by atoms with Gasteiger partial charge in [0, 0.05) is 20.1 Å². The fourth-order valence-corrected chi connectivity index (χ4v) is 3.03. The van der Waals surface area contributed by atoms with E-state index in [1.165, 1.54) is 18.5 Å². The van der Waals surface area contributed by atoms with Gasteiger partial charge in [0.25, 0.3) is 0 Å². The third-order valence-corrected chi connectivity index (χ3v) is 4.74. The maximum atomic E-state index is 12.4. The minimum Gasteiger partial charge on any atom is -0.495 e. The van der Waals surface area contributed by atoms with Crippen LogP contribution in [0.25, 0.3) is 0 Å². The molecule has 0 unspecified atom stereocenters. The van der Waals surface area contributed by atoms with E-state index in [2.05, 4.69) is 11.9 Å². The number of hydrogen-bond acceptors (Lipinski definition) is 4. The van der Waals surface area contributed by atoms with Gasteiger partial charge in [-0.2, -0.15) is 4.31 Å². The minimum atomic E-state index is -3.56. The second kappa shape index (κ2) is 7.42. The Hall–Kier alpha value is -1.37. The summed E-state index contributed by atoms with van der Waals surface area (Å²) in [6, 6.07) is 5.12. The monoisotopic (exact) mass is 298 g/mol. The van der Waals surface area contributed by atoms with Crippen molar-refractivity contribution in [1.29, 1.82) is 0 Å². The third kappa shape index (κ3) is 3.82. The van der Waals surface area contributed by atoms with Gasteiger partial charge < -0.3 is 10.1 Å². The van der Waals surface area contributed by atoms with Crippen LogP contribution in [-0.4, -0.2) is 40.0 Å². The van der Waals surface area contributed by atoms with Gasteiger partial charge in [0.2, 0.25) is 10.0 Å². The van der Waals surface area contributed by atoms with Crippen LogP contribution in [0.3, 0.4) is 0 Å². The molecule has 0 saturated heterocycles. The smallest absolute Gasteiger partial charge is 0.246 e. The lowest BCUT2D eigenvalue weighted by molar-refractivity contribution is 0.398. The van der Waals surface area contributed by atoms with E-state index >= 15 is 0 Å². The van der Waals surface area contributed by atoms with Crippen LogP contribution in [0.5, 0.6) is 5.75 Å². The van der Waals surface area contributed by atoms with Crippen LogP contribution in [0.2, 0.25) is 0 Å². The lowest BCUT2D eigenvalue weighted by Gasteiger charge is -2.18. The molecule has 1 rings (SSSR count). The number of nitrogens with zero attached hydrogens (tertiary/aromatic N) is 1. The topological polar surface area (TPSA) is 58.6 Å². The van der Waals surface area contributed by atoms with E-state index in [9.17, 15) is 8.42 Å². The van der Waals surface area contributed by atoms with E-state index in [4.69, 9.17) is 4.74 Å². The molecule has 20 heavy (non-hydrogen) atoms. The molecule has 0 saturated carbocycles. The molecule has 0 aliphatic carbocycles. The van der Waals surface area contributed by atoms with Gasteiger partial charge in [0.05, 0.1) is 7.11 Å². The highest BCUT2D eigenvalue weighted by molar-refractivity contribution is 7.89. The van der Waals surface area contributed by atoms with Crippen LogP contribution in [0.1, 0.15) is 12.5 Å². The first-order valence-electron chi connectivity index (χ1n) is 6.42. The van der Waals surface area contributed by atoms with E-state index in [-0.39, 0.29) is 11.4 Å². The van der Waals surface area contributed by atoms with Crippen molar-refractivity contribution in [3.63, 3.8) is 0 Å². The molecule has 0 aliphatic heterocycles. The molecular formula is C14H22N2O3S. The van der Waals surface area contributed by atoms with E-state index < -0.39 is 10.0 Å². The Balaban J connectivity index is 3.15. The van der Waals surface area contributed by atoms with Crippen LogP contribution >= 0.6 is 0 Å². The van der Waals surface area contributed by atoms with Crippen molar-refractivity contribution in [2.24, 2.45) is 0 Å². The predicted molar refractivity (Wildman–Crippen MR) is 80.4 cm³/mol. The van der Waals surface area contributed by atoms with Gasteiger partial charge in [-0.15, -0.1) is 6.58 Å². The van der Waals surface area contributed by atoms with Crippen molar-refractivity contribution in [2.45, 2.75) is 18.4 Å². The lowest BCUT2D eigenvalue weighted by Crippen LogP contribution is -2.27. The molecule has 1 N–H and O–H groups in total. The summed E-state index contributed by atoms with van der Waals surface area (Å²) in [6.07, 6.45) is 1.55. The van der Waals surface area contributed by atoms with Crippen molar-refractivity contribution >= 4 is 10.0 Å². The number of rotatable bonds is 8. The molecule has 5 nitrogen and oxygen atoms in total. The van der Waals surface area contributed by atoms with Crippen LogP contribution in [-0.2, 0) is 16.6 Å². The predicted octanol–water partition coefficient (Wildman–Crippen LogP) is 1.61. The van der Waals surface area contributed by atoms with Crippen molar-refractivity contribution in [2.75, 3.05) is 27.2 Å². The summed E-state index contributed by atoms with van der Waals surface area (Å²) in [5.41, 5.74) is 0.981. The molecule has 0 aromatic heterocycles. The van der Waals surface area contributed by atoms with Gasteiger partial charge in [-0.25, -0.2) is 8.42 Å². The van der Waals surface area contributed by atoms with E-state index in [1.54, 1.807) is 24.3 Å². The third-order valence-electron chi connectivity index (χ3n) is 2.88. The minimum absolute atomic E-state index is 0.171. The van der Waals surface area contributed by atoms with Gasteiger partial charge >= 0.3 is 0 Å². The van der Waals surface area contributed by atoms with Gasteiger partial charge in [-0.05, 0) is 24.2 Å². The molecule has 0 amide bonds. The molecule has 0 atom stereocenters. The fourth-order valence-electron chi connectivity index (χ4n) is 1.75. The SMILES string of the molecule is C=CCN(C)S(=O)(=O)c1ccc(CNCC)cc1OC. The summed E-state index contributed by atoms with van der Waals surface area (Å²) in [4.78, 5) is 0.171. The number of ether oxygens (including phenoxy) is 1. The van der Waals surface area contributed by atoms with Crippen molar-refractivity contribution < 1.29 is 13.2 Å². The zero-order chi connectivity index (χ0) is 15.2. The van der Waals surface area contributed by atoms with Gasteiger partial charge in [-0.1, -0.05) is 19.1 Å². The number of hydrogen-bond donors (Lipinski definition) is 1. The summed E-state index contributed by atoms with van der Waals surface area (Å²) >= 11 is 0. The summed E-state index contributed by atoms with van der Waals surface area (Å²) in [6.45, 7) is 7.35. The normalized spacial score (nSPS) is 11.6. The number of benzene rings is 1.